The number of carbonyl (C=O) groups is 1. The maximum atomic E-state index is 12.3. The standard InChI is InChI=1S/C17H19N3O4/c1-9-14-13(19-18-9)8-17(3,22)16(10(2)21)15(14)11-4-6-12(7-5-11)20(23)24/h4-7,14-16,22H,8H2,1-3H3/t14-,15+,16+,17+/m0/s1. The fraction of sp³-hybridized carbons (Fsp3) is 0.471. The van der Waals surface area contributed by atoms with E-state index in [1.165, 1.54) is 19.1 Å². The minimum atomic E-state index is -1.23. The molecule has 0 radical (unpaired) electrons. The van der Waals surface area contributed by atoms with E-state index in [-0.39, 0.29) is 23.3 Å². The van der Waals surface area contributed by atoms with Crippen molar-refractivity contribution in [1.82, 2.24) is 0 Å². The summed E-state index contributed by atoms with van der Waals surface area (Å²) in [5.41, 5.74) is 1.10. The summed E-state index contributed by atoms with van der Waals surface area (Å²) >= 11 is 0. The molecule has 0 unspecified atom stereocenters. The number of non-ortho nitro benzene ring substituents is 1. The van der Waals surface area contributed by atoms with Crippen molar-refractivity contribution in [3.8, 4) is 0 Å². The van der Waals surface area contributed by atoms with Crippen LogP contribution < -0.4 is 0 Å². The number of carbonyl (C=O) groups excluding carboxylic acids is 1. The lowest BCUT2D eigenvalue weighted by atomic mass is 9.59. The lowest BCUT2D eigenvalue weighted by Gasteiger charge is -2.45. The van der Waals surface area contributed by atoms with E-state index in [1.54, 1.807) is 19.1 Å². The normalized spacial score (nSPS) is 31.9. The molecule has 1 saturated carbocycles. The Labute approximate surface area is 139 Å². The lowest BCUT2D eigenvalue weighted by molar-refractivity contribution is -0.384. The Morgan fingerprint density at radius 1 is 1.33 bits per heavy atom. The minimum absolute atomic E-state index is 0.00797. The predicted octanol–water partition coefficient (Wildman–Crippen LogP) is 2.49. The van der Waals surface area contributed by atoms with Crippen LogP contribution in [0.1, 0.15) is 38.7 Å². The van der Waals surface area contributed by atoms with Crippen LogP contribution in [0.15, 0.2) is 34.5 Å². The first-order valence-electron chi connectivity index (χ1n) is 7.80. The monoisotopic (exact) mass is 329 g/mol. The van der Waals surface area contributed by atoms with Gasteiger partial charge in [-0.15, -0.1) is 0 Å². The minimum Gasteiger partial charge on any atom is -0.389 e. The molecule has 0 bridgehead atoms. The zero-order chi connectivity index (χ0) is 17.6. The Morgan fingerprint density at radius 2 is 1.96 bits per heavy atom. The maximum Gasteiger partial charge on any atom is 0.269 e. The van der Waals surface area contributed by atoms with E-state index in [4.69, 9.17) is 0 Å². The van der Waals surface area contributed by atoms with Gasteiger partial charge in [-0.3, -0.25) is 14.9 Å². The van der Waals surface area contributed by atoms with Gasteiger partial charge in [0.15, 0.2) is 0 Å². The highest BCUT2D eigenvalue weighted by molar-refractivity contribution is 6.12. The Kier molecular flexibility index (Phi) is 3.83. The summed E-state index contributed by atoms with van der Waals surface area (Å²) in [5, 5.41) is 30.0. The maximum absolute atomic E-state index is 12.3. The van der Waals surface area contributed by atoms with Gasteiger partial charge in [-0.05, 0) is 26.3 Å². The van der Waals surface area contributed by atoms with Crippen LogP contribution in [0.5, 0.6) is 0 Å². The summed E-state index contributed by atoms with van der Waals surface area (Å²) in [6.07, 6.45) is 0.298. The molecule has 1 heterocycles. The number of fused-ring (bicyclic) bond motifs is 1. The number of ketones is 1. The second-order valence-corrected chi connectivity index (χ2v) is 6.81. The number of hydrogen-bond donors (Lipinski definition) is 1. The van der Waals surface area contributed by atoms with E-state index < -0.39 is 16.4 Å². The lowest BCUT2D eigenvalue weighted by Crippen LogP contribution is -2.53. The van der Waals surface area contributed by atoms with Crippen LogP contribution in [0.2, 0.25) is 0 Å². The average molecular weight is 329 g/mol. The molecule has 1 aromatic rings. The van der Waals surface area contributed by atoms with Crippen LogP contribution in [0.3, 0.4) is 0 Å². The quantitative estimate of drug-likeness (QED) is 0.679. The van der Waals surface area contributed by atoms with Crippen molar-refractivity contribution in [3.05, 3.63) is 39.9 Å². The number of hydrogen-bond acceptors (Lipinski definition) is 6. The highest BCUT2D eigenvalue weighted by atomic mass is 16.6. The van der Waals surface area contributed by atoms with E-state index in [0.717, 1.165) is 17.0 Å². The van der Waals surface area contributed by atoms with E-state index in [2.05, 4.69) is 10.2 Å². The molecule has 7 nitrogen and oxygen atoms in total. The van der Waals surface area contributed by atoms with Crippen molar-refractivity contribution >= 4 is 22.9 Å². The summed E-state index contributed by atoms with van der Waals surface area (Å²) in [4.78, 5) is 22.7. The number of benzene rings is 1. The highest BCUT2D eigenvalue weighted by Gasteiger charge is 2.53. The average Bonchev–Trinajstić information content (AvgIpc) is 2.85. The van der Waals surface area contributed by atoms with E-state index in [1.807, 2.05) is 6.92 Å². The summed E-state index contributed by atoms with van der Waals surface area (Å²) < 4.78 is 0. The summed E-state index contributed by atoms with van der Waals surface area (Å²) in [5.74, 6) is -1.22. The molecule has 7 heteroatoms. The first-order chi connectivity index (χ1) is 11.2. The molecule has 1 aliphatic carbocycles. The first kappa shape index (κ1) is 16.4. The third kappa shape index (κ3) is 2.54. The van der Waals surface area contributed by atoms with Gasteiger partial charge < -0.3 is 5.11 Å². The van der Waals surface area contributed by atoms with Crippen molar-refractivity contribution in [3.63, 3.8) is 0 Å². The number of nitrogens with zero attached hydrogens (tertiary/aromatic N) is 3. The number of aliphatic hydroxyl groups is 1. The molecule has 1 N–H and O–H groups in total. The Bertz CT molecular complexity index is 765. The van der Waals surface area contributed by atoms with Crippen molar-refractivity contribution in [2.75, 3.05) is 0 Å². The predicted molar refractivity (Wildman–Crippen MR) is 89.3 cm³/mol. The molecule has 24 heavy (non-hydrogen) atoms. The van der Waals surface area contributed by atoms with Crippen molar-refractivity contribution in [2.24, 2.45) is 22.0 Å². The molecule has 2 aliphatic rings. The number of nitro groups is 1. The van der Waals surface area contributed by atoms with Gasteiger partial charge in [-0.1, -0.05) is 12.1 Å². The van der Waals surface area contributed by atoms with Gasteiger partial charge in [0.25, 0.3) is 5.69 Å². The second kappa shape index (κ2) is 5.59. The summed E-state index contributed by atoms with van der Waals surface area (Å²) in [6, 6.07) is 6.16. The summed E-state index contributed by atoms with van der Waals surface area (Å²) in [6.45, 7) is 4.97. The largest absolute Gasteiger partial charge is 0.389 e. The van der Waals surface area contributed by atoms with Gasteiger partial charge in [0.05, 0.1) is 22.2 Å². The molecule has 126 valence electrons. The van der Waals surface area contributed by atoms with Crippen LogP contribution in [0.25, 0.3) is 0 Å². The SMILES string of the molecule is CC(=O)[C@@H]1[C@H](c2ccc([N+](=O)[O-])cc2)[C@H]2C(C)=NN=C2C[C@@]1(C)O. The fourth-order valence-electron chi connectivity index (χ4n) is 4.07. The van der Waals surface area contributed by atoms with E-state index in [0.29, 0.717) is 6.42 Å². The number of Topliss-reactive ketones (excluding diaryl/α,β-unsaturated/α-hetero) is 1. The topological polar surface area (TPSA) is 105 Å². The van der Waals surface area contributed by atoms with E-state index >= 15 is 0 Å². The van der Waals surface area contributed by atoms with Crippen molar-refractivity contribution in [1.29, 1.82) is 0 Å². The molecule has 0 saturated heterocycles. The summed E-state index contributed by atoms with van der Waals surface area (Å²) in [7, 11) is 0. The third-order valence-corrected chi connectivity index (χ3v) is 5.00. The second-order valence-electron chi connectivity index (χ2n) is 6.81. The third-order valence-electron chi connectivity index (χ3n) is 5.00. The molecule has 3 rings (SSSR count). The molecule has 1 fully saturated rings. The molecule has 0 aromatic heterocycles. The molecule has 1 aromatic carbocycles. The van der Waals surface area contributed by atoms with Crippen LogP contribution >= 0.6 is 0 Å². The first-order valence-corrected chi connectivity index (χ1v) is 7.80. The Balaban J connectivity index is 2.11. The molecule has 4 atom stereocenters. The van der Waals surface area contributed by atoms with Gasteiger partial charge in [-0.2, -0.15) is 10.2 Å². The van der Waals surface area contributed by atoms with Gasteiger partial charge in [0.1, 0.15) is 5.78 Å². The zero-order valence-electron chi connectivity index (χ0n) is 13.8. The Hall–Kier alpha value is -2.41. The van der Waals surface area contributed by atoms with Crippen LogP contribution in [-0.4, -0.2) is 32.8 Å². The zero-order valence-corrected chi connectivity index (χ0v) is 13.8. The Morgan fingerprint density at radius 3 is 2.50 bits per heavy atom. The van der Waals surface area contributed by atoms with Crippen molar-refractivity contribution in [2.45, 2.75) is 38.7 Å². The highest BCUT2D eigenvalue weighted by Crippen LogP contribution is 2.48. The molecule has 0 spiro atoms. The van der Waals surface area contributed by atoms with Crippen LogP contribution in [-0.2, 0) is 4.79 Å². The van der Waals surface area contributed by atoms with Gasteiger partial charge in [0.2, 0.25) is 0 Å². The van der Waals surface area contributed by atoms with Crippen LogP contribution in [0.4, 0.5) is 5.69 Å². The molecule has 0 amide bonds. The molecule has 1 aliphatic heterocycles. The van der Waals surface area contributed by atoms with E-state index in [9.17, 15) is 20.0 Å². The smallest absolute Gasteiger partial charge is 0.269 e. The van der Waals surface area contributed by atoms with Gasteiger partial charge in [0, 0.05) is 36.1 Å². The van der Waals surface area contributed by atoms with Crippen molar-refractivity contribution < 1.29 is 14.8 Å². The number of rotatable bonds is 3. The molecular formula is C17H19N3O4. The van der Waals surface area contributed by atoms with Gasteiger partial charge in [-0.25, -0.2) is 0 Å². The van der Waals surface area contributed by atoms with Crippen LogP contribution in [0, 0.1) is 22.0 Å². The number of nitro benzene ring substituents is 1. The molecular weight excluding hydrogens is 310 g/mol. The van der Waals surface area contributed by atoms with Gasteiger partial charge >= 0.3 is 0 Å². The fourth-order valence-corrected chi connectivity index (χ4v) is 4.07.